The monoisotopic (exact) mass is 393 g/mol. The van der Waals surface area contributed by atoms with Gasteiger partial charge in [0.1, 0.15) is 5.75 Å². The third kappa shape index (κ3) is 4.12. The van der Waals surface area contributed by atoms with Gasteiger partial charge in [0.2, 0.25) is 0 Å². The zero-order valence-corrected chi connectivity index (χ0v) is 16.5. The molecule has 0 bridgehead atoms. The highest BCUT2D eigenvalue weighted by atomic mass is 16.5. The molecule has 8 heteroatoms. The lowest BCUT2D eigenvalue weighted by Gasteiger charge is -2.09. The van der Waals surface area contributed by atoms with Crippen molar-refractivity contribution in [2.75, 3.05) is 27.4 Å². The number of hydrogen-bond acceptors (Lipinski definition) is 6. The van der Waals surface area contributed by atoms with Crippen LogP contribution in [-0.4, -0.2) is 53.0 Å². The third-order valence-electron chi connectivity index (χ3n) is 4.80. The summed E-state index contributed by atoms with van der Waals surface area (Å²) in [5.41, 5.74) is 3.12. The molecule has 1 fully saturated rings. The van der Waals surface area contributed by atoms with Gasteiger partial charge < -0.3 is 14.8 Å². The minimum Gasteiger partial charge on any atom is -0.497 e. The lowest BCUT2D eigenvalue weighted by atomic mass is 10.1. The molecular formula is C21H23N5O3. The normalized spacial score (nSPS) is 13.3. The maximum atomic E-state index is 12.6. The van der Waals surface area contributed by atoms with Crippen LogP contribution in [0.25, 0.3) is 17.2 Å². The fourth-order valence-corrected chi connectivity index (χ4v) is 3.20. The summed E-state index contributed by atoms with van der Waals surface area (Å²) < 4.78 is 12.0. The van der Waals surface area contributed by atoms with Crippen molar-refractivity contribution in [2.24, 2.45) is 0 Å². The van der Waals surface area contributed by atoms with Gasteiger partial charge in [-0.15, -0.1) is 0 Å². The van der Waals surface area contributed by atoms with E-state index in [2.05, 4.69) is 20.4 Å². The largest absolute Gasteiger partial charge is 0.497 e. The number of ether oxygens (including phenoxy) is 2. The highest BCUT2D eigenvalue weighted by Gasteiger charge is 2.33. The first kappa shape index (κ1) is 19.1. The van der Waals surface area contributed by atoms with Gasteiger partial charge in [-0.1, -0.05) is 12.1 Å². The van der Waals surface area contributed by atoms with E-state index in [1.807, 2.05) is 30.3 Å². The average Bonchev–Trinajstić information content (AvgIpc) is 3.51. The first-order valence-electron chi connectivity index (χ1n) is 9.54. The Morgan fingerprint density at radius 2 is 2.14 bits per heavy atom. The van der Waals surface area contributed by atoms with Crippen LogP contribution in [0.15, 0.2) is 42.7 Å². The van der Waals surface area contributed by atoms with Crippen LogP contribution in [0.4, 0.5) is 0 Å². The van der Waals surface area contributed by atoms with Gasteiger partial charge in [0, 0.05) is 31.3 Å². The molecule has 4 rings (SSSR count). The molecule has 29 heavy (non-hydrogen) atoms. The molecule has 1 amide bonds. The molecule has 3 aromatic rings. The van der Waals surface area contributed by atoms with Gasteiger partial charge in [0.15, 0.2) is 0 Å². The summed E-state index contributed by atoms with van der Waals surface area (Å²) in [6, 6.07) is 9.54. The first-order valence-corrected chi connectivity index (χ1v) is 9.54. The number of methoxy groups -OCH3 is 2. The summed E-state index contributed by atoms with van der Waals surface area (Å²) in [6.07, 6.45) is 5.35. The van der Waals surface area contributed by atoms with E-state index in [4.69, 9.17) is 9.47 Å². The molecule has 1 aliphatic carbocycles. The number of amides is 1. The first-order chi connectivity index (χ1) is 14.2. The molecule has 150 valence electrons. The van der Waals surface area contributed by atoms with Crippen molar-refractivity contribution in [3.05, 3.63) is 54.0 Å². The number of benzene rings is 1. The minimum atomic E-state index is -0.154. The molecule has 0 saturated heterocycles. The fraction of sp³-hybridized carbons (Fsp3) is 0.333. The molecule has 1 N–H and O–H groups in total. The van der Waals surface area contributed by atoms with Crippen molar-refractivity contribution in [3.63, 3.8) is 0 Å². The molecule has 1 saturated carbocycles. The van der Waals surface area contributed by atoms with E-state index in [9.17, 15) is 4.79 Å². The van der Waals surface area contributed by atoms with Crippen molar-refractivity contribution >= 4 is 5.91 Å². The van der Waals surface area contributed by atoms with Gasteiger partial charge in [0.25, 0.3) is 11.9 Å². The smallest absolute Gasteiger partial charge is 0.254 e. The number of nitrogens with one attached hydrogen (secondary N) is 1. The molecule has 2 heterocycles. The highest BCUT2D eigenvalue weighted by Crippen LogP contribution is 2.42. The number of aromatic nitrogens is 4. The summed E-state index contributed by atoms with van der Waals surface area (Å²) in [7, 11) is 3.24. The van der Waals surface area contributed by atoms with Crippen LogP contribution in [0.5, 0.6) is 5.75 Å². The Morgan fingerprint density at radius 3 is 2.90 bits per heavy atom. The molecule has 1 aliphatic rings. The van der Waals surface area contributed by atoms with Gasteiger partial charge in [-0.05, 0) is 31.0 Å². The van der Waals surface area contributed by atoms with Crippen LogP contribution in [0, 0.1) is 0 Å². The molecule has 0 spiro atoms. The van der Waals surface area contributed by atoms with E-state index in [1.54, 1.807) is 31.3 Å². The summed E-state index contributed by atoms with van der Waals surface area (Å²) in [4.78, 5) is 21.7. The van der Waals surface area contributed by atoms with Gasteiger partial charge in [-0.3, -0.25) is 4.79 Å². The predicted octanol–water partition coefficient (Wildman–Crippen LogP) is 2.59. The van der Waals surface area contributed by atoms with Crippen LogP contribution < -0.4 is 10.1 Å². The third-order valence-corrected chi connectivity index (χ3v) is 4.80. The van der Waals surface area contributed by atoms with E-state index >= 15 is 0 Å². The maximum Gasteiger partial charge on any atom is 0.254 e. The number of carbonyl (C=O) groups excluding carboxylic acids is 1. The Bertz CT molecular complexity index is 1010. The molecule has 0 unspecified atom stereocenters. The summed E-state index contributed by atoms with van der Waals surface area (Å²) in [5.74, 6) is 1.35. The topological polar surface area (TPSA) is 91.2 Å². The van der Waals surface area contributed by atoms with Crippen LogP contribution in [0.1, 0.15) is 34.8 Å². The van der Waals surface area contributed by atoms with E-state index < -0.39 is 0 Å². The van der Waals surface area contributed by atoms with Gasteiger partial charge in [-0.25, -0.2) is 14.6 Å². The Morgan fingerprint density at radius 1 is 1.28 bits per heavy atom. The van der Waals surface area contributed by atoms with Gasteiger partial charge >= 0.3 is 0 Å². The quantitative estimate of drug-likeness (QED) is 0.592. The Balaban J connectivity index is 1.67. The van der Waals surface area contributed by atoms with Crippen LogP contribution >= 0.6 is 0 Å². The molecule has 0 aliphatic heterocycles. The number of carbonyl (C=O) groups is 1. The Kier molecular flexibility index (Phi) is 5.53. The number of rotatable bonds is 8. The number of hydrogen-bond donors (Lipinski definition) is 1. The number of nitrogens with zero attached hydrogens (tertiary/aromatic N) is 4. The predicted molar refractivity (Wildman–Crippen MR) is 107 cm³/mol. The second-order valence-electron chi connectivity index (χ2n) is 6.85. The summed E-state index contributed by atoms with van der Waals surface area (Å²) in [6.45, 7) is 0.913. The Labute approximate surface area is 168 Å². The second-order valence-corrected chi connectivity index (χ2v) is 6.85. The van der Waals surface area contributed by atoms with Crippen molar-refractivity contribution in [3.8, 4) is 23.0 Å². The van der Waals surface area contributed by atoms with E-state index in [-0.39, 0.29) is 5.91 Å². The fourth-order valence-electron chi connectivity index (χ4n) is 3.20. The molecule has 8 nitrogen and oxygen atoms in total. The zero-order chi connectivity index (χ0) is 20.2. The lowest BCUT2D eigenvalue weighted by molar-refractivity contribution is 0.0936. The zero-order valence-electron chi connectivity index (χ0n) is 16.5. The van der Waals surface area contributed by atoms with Crippen molar-refractivity contribution in [1.82, 2.24) is 25.1 Å². The van der Waals surface area contributed by atoms with Crippen molar-refractivity contribution < 1.29 is 14.3 Å². The maximum absolute atomic E-state index is 12.6. The van der Waals surface area contributed by atoms with Crippen molar-refractivity contribution in [1.29, 1.82) is 0 Å². The molecule has 0 radical (unpaired) electrons. The molecule has 2 aromatic heterocycles. The molecular weight excluding hydrogens is 370 g/mol. The van der Waals surface area contributed by atoms with Crippen LogP contribution in [0.3, 0.4) is 0 Å². The second kappa shape index (κ2) is 8.40. The van der Waals surface area contributed by atoms with Crippen LogP contribution in [-0.2, 0) is 4.74 Å². The summed E-state index contributed by atoms with van der Waals surface area (Å²) in [5, 5.41) is 7.31. The standard InChI is InChI=1S/C21H23N5O3/c1-28-11-10-22-20(27)17-13-24-26(19(17)14-6-7-14)21-23-9-8-18(25-21)15-4-3-5-16(12-15)29-2/h3-5,8-9,12-14H,6-7,10-11H2,1-2H3,(H,22,27). The average molecular weight is 393 g/mol. The lowest BCUT2D eigenvalue weighted by Crippen LogP contribution is -2.27. The van der Waals surface area contributed by atoms with E-state index in [1.165, 1.54) is 0 Å². The highest BCUT2D eigenvalue weighted by molar-refractivity contribution is 5.95. The SMILES string of the molecule is COCCNC(=O)c1cnn(-c2nccc(-c3cccc(OC)c3)n2)c1C1CC1. The van der Waals surface area contributed by atoms with E-state index in [0.717, 1.165) is 35.5 Å². The van der Waals surface area contributed by atoms with E-state index in [0.29, 0.717) is 30.6 Å². The van der Waals surface area contributed by atoms with Gasteiger partial charge in [0.05, 0.1) is 36.9 Å². The molecule has 0 atom stereocenters. The summed E-state index contributed by atoms with van der Waals surface area (Å²) >= 11 is 0. The minimum absolute atomic E-state index is 0.154. The van der Waals surface area contributed by atoms with Crippen LogP contribution in [0.2, 0.25) is 0 Å². The Hall–Kier alpha value is -3.26. The molecule has 1 aromatic carbocycles. The van der Waals surface area contributed by atoms with Gasteiger partial charge in [-0.2, -0.15) is 5.10 Å². The van der Waals surface area contributed by atoms with Crippen molar-refractivity contribution in [2.45, 2.75) is 18.8 Å².